The van der Waals surface area contributed by atoms with Gasteiger partial charge in [-0.15, -0.1) is 5.10 Å². The van der Waals surface area contributed by atoms with E-state index >= 15 is 0 Å². The Morgan fingerprint density at radius 2 is 1.71 bits per heavy atom. The molecular formula is C24H25N5O5. The maximum atomic E-state index is 13.6. The van der Waals surface area contributed by atoms with Gasteiger partial charge in [-0.25, -0.2) is 4.68 Å². The minimum Gasteiger partial charge on any atom is -0.504 e. The van der Waals surface area contributed by atoms with Crippen LogP contribution >= 0.6 is 0 Å². The number of nitrogens with zero attached hydrogens (tertiary/aromatic N) is 3. The maximum Gasteiger partial charge on any atom is 0.241 e. The number of Topliss-reactive ketones (excluding diaryl/α,β-unsaturated/α-hetero) is 1. The number of aromatic nitrogens is 3. The van der Waals surface area contributed by atoms with Gasteiger partial charge < -0.3 is 30.4 Å². The molecule has 34 heavy (non-hydrogen) atoms. The molecule has 2 aromatic carbocycles. The summed E-state index contributed by atoms with van der Waals surface area (Å²) in [4.78, 5) is 17.9. The summed E-state index contributed by atoms with van der Waals surface area (Å²) in [6.45, 7) is 0. The lowest BCUT2D eigenvalue weighted by Crippen LogP contribution is -2.33. The number of nitrogens with one attached hydrogen (secondary N) is 1. The molecule has 10 heteroatoms. The molecule has 4 N–H and O–H groups in total. The third-order valence-corrected chi connectivity index (χ3v) is 6.33. The molecule has 1 aromatic heterocycles. The van der Waals surface area contributed by atoms with Crippen molar-refractivity contribution >= 4 is 17.7 Å². The average Bonchev–Trinajstić information content (AvgIpc) is 3.21. The predicted molar refractivity (Wildman–Crippen MR) is 124 cm³/mol. The van der Waals surface area contributed by atoms with Crippen LogP contribution in [0.25, 0.3) is 0 Å². The van der Waals surface area contributed by atoms with Gasteiger partial charge in [0.25, 0.3) is 0 Å². The first-order valence-electron chi connectivity index (χ1n) is 10.8. The average molecular weight is 463 g/mol. The Labute approximate surface area is 196 Å². The van der Waals surface area contributed by atoms with E-state index in [4.69, 9.17) is 19.9 Å². The van der Waals surface area contributed by atoms with Crippen LogP contribution < -0.4 is 25.3 Å². The summed E-state index contributed by atoms with van der Waals surface area (Å²) in [6.07, 6.45) is 0.899. The molecule has 2 aliphatic rings. The number of ether oxygens (including phenoxy) is 3. The van der Waals surface area contributed by atoms with Crippen molar-refractivity contribution in [1.29, 1.82) is 0 Å². The van der Waals surface area contributed by atoms with E-state index in [2.05, 4.69) is 15.4 Å². The molecule has 3 aromatic rings. The Morgan fingerprint density at radius 1 is 1.00 bits per heavy atom. The third-order valence-electron chi connectivity index (χ3n) is 6.33. The number of ketones is 1. The van der Waals surface area contributed by atoms with Gasteiger partial charge in [-0.2, -0.15) is 4.98 Å². The van der Waals surface area contributed by atoms with E-state index in [0.717, 1.165) is 11.3 Å². The van der Waals surface area contributed by atoms with Crippen molar-refractivity contribution in [3.8, 4) is 23.0 Å². The van der Waals surface area contributed by atoms with Crippen molar-refractivity contribution < 1.29 is 24.1 Å². The second-order valence-corrected chi connectivity index (χ2v) is 8.23. The number of phenolic OH excluding ortho intramolecular Hbond substituents is 1. The molecule has 176 valence electrons. The molecule has 2 heterocycles. The number of fused-ring (bicyclic) bond motifs is 1. The molecule has 0 saturated heterocycles. The van der Waals surface area contributed by atoms with Crippen molar-refractivity contribution in [3.63, 3.8) is 0 Å². The van der Waals surface area contributed by atoms with Gasteiger partial charge in [0.1, 0.15) is 6.04 Å². The molecule has 0 radical (unpaired) electrons. The summed E-state index contributed by atoms with van der Waals surface area (Å²) in [7, 11) is 4.65. The van der Waals surface area contributed by atoms with E-state index in [9.17, 15) is 9.90 Å². The second-order valence-electron chi connectivity index (χ2n) is 8.23. The zero-order chi connectivity index (χ0) is 24.0. The number of phenols is 1. The number of hydrogen-bond donors (Lipinski definition) is 3. The summed E-state index contributed by atoms with van der Waals surface area (Å²) in [5.74, 6) is 2.01. The first-order chi connectivity index (χ1) is 16.4. The van der Waals surface area contributed by atoms with E-state index in [-0.39, 0.29) is 23.4 Å². The first-order valence-corrected chi connectivity index (χ1v) is 10.8. The molecule has 5 rings (SSSR count). The van der Waals surface area contributed by atoms with E-state index in [1.54, 1.807) is 37.1 Å². The molecule has 0 unspecified atom stereocenters. The van der Waals surface area contributed by atoms with Crippen molar-refractivity contribution in [2.75, 3.05) is 32.4 Å². The number of allylic oxidation sites excluding steroid dienone is 2. The molecule has 10 nitrogen and oxygen atoms in total. The van der Waals surface area contributed by atoms with Crippen LogP contribution in [0, 0.1) is 0 Å². The minimum absolute atomic E-state index is 0.0198. The number of rotatable bonds is 5. The fourth-order valence-corrected chi connectivity index (χ4v) is 4.76. The topological polar surface area (TPSA) is 134 Å². The zero-order valence-electron chi connectivity index (χ0n) is 19.0. The summed E-state index contributed by atoms with van der Waals surface area (Å²) >= 11 is 0. The maximum absolute atomic E-state index is 13.6. The van der Waals surface area contributed by atoms with E-state index < -0.39 is 6.04 Å². The molecule has 2 atom stereocenters. The Kier molecular flexibility index (Phi) is 5.27. The number of carbonyl (C=O) groups is 1. The number of nitrogen functional groups attached to an aromatic ring is 1. The Balaban J connectivity index is 1.58. The van der Waals surface area contributed by atoms with Crippen LogP contribution in [0.4, 0.5) is 11.9 Å². The van der Waals surface area contributed by atoms with Gasteiger partial charge in [-0.1, -0.05) is 12.1 Å². The van der Waals surface area contributed by atoms with Crippen LogP contribution in [-0.2, 0) is 4.79 Å². The number of hydrogen-bond acceptors (Lipinski definition) is 9. The molecule has 1 aliphatic heterocycles. The fraction of sp³-hybridized carbons (Fsp3) is 0.292. The quantitative estimate of drug-likeness (QED) is 0.522. The summed E-state index contributed by atoms with van der Waals surface area (Å²) in [5.41, 5.74) is 8.89. The Morgan fingerprint density at radius 3 is 2.41 bits per heavy atom. The highest BCUT2D eigenvalue weighted by Gasteiger charge is 2.40. The number of methoxy groups -OCH3 is 3. The Hall–Kier alpha value is -4.21. The second kappa shape index (κ2) is 8.29. The highest BCUT2D eigenvalue weighted by Crippen LogP contribution is 2.46. The highest BCUT2D eigenvalue weighted by molar-refractivity contribution is 6.00. The number of anilines is 2. The molecule has 1 aliphatic carbocycles. The predicted octanol–water partition coefficient (Wildman–Crippen LogP) is 3.01. The van der Waals surface area contributed by atoms with E-state index in [1.807, 2.05) is 18.2 Å². The smallest absolute Gasteiger partial charge is 0.241 e. The lowest BCUT2D eigenvalue weighted by molar-refractivity contribution is -0.116. The monoisotopic (exact) mass is 463 g/mol. The lowest BCUT2D eigenvalue weighted by Gasteiger charge is -2.35. The standard InChI is InChI=1S/C24H25N5O5/c1-32-18-6-5-13(9-16(18)30)22-21-15(26-24-27-23(25)28-29(22)24)8-14(10-17(21)31)12-4-7-19(33-2)20(11-12)34-3/h4-7,9,11,14,22,30H,8,10H2,1-3H3,(H3,25,26,27,28)/t14-,22-/m0/s1. The lowest BCUT2D eigenvalue weighted by atomic mass is 9.78. The highest BCUT2D eigenvalue weighted by atomic mass is 16.5. The largest absolute Gasteiger partial charge is 0.504 e. The molecule has 0 amide bonds. The summed E-state index contributed by atoms with van der Waals surface area (Å²) in [6, 6.07) is 10.2. The molecular weight excluding hydrogens is 438 g/mol. The number of nitrogens with two attached hydrogens (primary N) is 1. The van der Waals surface area contributed by atoms with Gasteiger partial charge in [-0.3, -0.25) is 4.79 Å². The first kappa shape index (κ1) is 21.6. The van der Waals surface area contributed by atoms with Gasteiger partial charge in [0.05, 0.1) is 21.3 Å². The van der Waals surface area contributed by atoms with Crippen LogP contribution in [0.2, 0.25) is 0 Å². The molecule has 0 spiro atoms. The zero-order valence-corrected chi connectivity index (χ0v) is 19.0. The molecule has 0 fully saturated rings. The third kappa shape index (κ3) is 3.47. The van der Waals surface area contributed by atoms with Gasteiger partial charge in [0.15, 0.2) is 28.8 Å². The van der Waals surface area contributed by atoms with Gasteiger partial charge in [-0.05, 0) is 47.7 Å². The fourth-order valence-electron chi connectivity index (χ4n) is 4.76. The van der Waals surface area contributed by atoms with Crippen LogP contribution in [0.5, 0.6) is 23.0 Å². The number of carbonyl (C=O) groups excluding carboxylic acids is 1. The van der Waals surface area contributed by atoms with Crippen molar-refractivity contribution in [1.82, 2.24) is 14.8 Å². The van der Waals surface area contributed by atoms with Gasteiger partial charge >= 0.3 is 0 Å². The van der Waals surface area contributed by atoms with Crippen LogP contribution in [0.15, 0.2) is 47.7 Å². The van der Waals surface area contributed by atoms with Crippen molar-refractivity contribution in [3.05, 3.63) is 58.8 Å². The summed E-state index contributed by atoms with van der Waals surface area (Å²) < 4.78 is 17.6. The normalized spacial score (nSPS) is 19.2. The van der Waals surface area contributed by atoms with Crippen molar-refractivity contribution in [2.45, 2.75) is 24.8 Å². The van der Waals surface area contributed by atoms with Crippen LogP contribution in [-0.4, -0.2) is 47.0 Å². The summed E-state index contributed by atoms with van der Waals surface area (Å²) in [5, 5.41) is 18.0. The van der Waals surface area contributed by atoms with Crippen LogP contribution in [0.1, 0.15) is 35.9 Å². The van der Waals surface area contributed by atoms with Gasteiger partial charge in [0.2, 0.25) is 11.9 Å². The number of aromatic hydroxyl groups is 1. The van der Waals surface area contributed by atoms with Crippen LogP contribution in [0.3, 0.4) is 0 Å². The molecule has 0 bridgehead atoms. The van der Waals surface area contributed by atoms with Crippen molar-refractivity contribution in [2.24, 2.45) is 0 Å². The molecule has 0 saturated carbocycles. The number of benzene rings is 2. The Bertz CT molecular complexity index is 1320. The minimum atomic E-state index is -0.577. The van der Waals surface area contributed by atoms with E-state index in [0.29, 0.717) is 47.2 Å². The van der Waals surface area contributed by atoms with Gasteiger partial charge in [0, 0.05) is 17.7 Å². The SMILES string of the molecule is COc1ccc([C@H]2C3=C(C[C@H](c4ccc(OC)c(OC)c4)CC3=O)Nc3nc(N)nn32)cc1O. The van der Waals surface area contributed by atoms with E-state index in [1.165, 1.54) is 7.11 Å².